The molecule has 0 saturated heterocycles. The van der Waals surface area contributed by atoms with Crippen LogP contribution in [0.4, 0.5) is 0 Å². The van der Waals surface area contributed by atoms with Crippen molar-refractivity contribution in [2.45, 2.75) is 30.8 Å². The number of aromatic nitrogens is 1. The van der Waals surface area contributed by atoms with E-state index in [-0.39, 0.29) is 16.5 Å². The van der Waals surface area contributed by atoms with Crippen LogP contribution in [0, 0.1) is 0 Å². The number of benzene rings is 1. The van der Waals surface area contributed by atoms with Crippen molar-refractivity contribution in [1.82, 2.24) is 9.71 Å². The van der Waals surface area contributed by atoms with Crippen LogP contribution >= 0.6 is 22.9 Å². The van der Waals surface area contributed by atoms with Gasteiger partial charge in [-0.25, -0.2) is 13.4 Å². The molecule has 5 nitrogen and oxygen atoms in total. The van der Waals surface area contributed by atoms with Gasteiger partial charge in [-0.3, -0.25) is 0 Å². The Morgan fingerprint density at radius 2 is 2.14 bits per heavy atom. The van der Waals surface area contributed by atoms with E-state index in [9.17, 15) is 8.42 Å². The lowest BCUT2D eigenvalue weighted by Crippen LogP contribution is -2.41. The third-order valence-corrected chi connectivity index (χ3v) is 6.11. The van der Waals surface area contributed by atoms with Crippen LogP contribution in [-0.2, 0) is 22.1 Å². The molecule has 0 amide bonds. The van der Waals surface area contributed by atoms with Crippen molar-refractivity contribution in [3.05, 3.63) is 45.4 Å². The molecule has 0 saturated carbocycles. The van der Waals surface area contributed by atoms with Gasteiger partial charge >= 0.3 is 0 Å². The Kier molecular flexibility index (Phi) is 4.69. The van der Waals surface area contributed by atoms with Gasteiger partial charge in [-0.15, -0.1) is 11.3 Å². The number of rotatable bonds is 5. The van der Waals surface area contributed by atoms with Crippen molar-refractivity contribution >= 4 is 33.0 Å². The highest BCUT2D eigenvalue weighted by atomic mass is 35.5. The fraction of sp³-hybridized carbons (Fsp3) is 0.308. The van der Waals surface area contributed by atoms with Gasteiger partial charge in [0.2, 0.25) is 10.0 Å². The summed E-state index contributed by atoms with van der Waals surface area (Å²) >= 11 is 7.41. The normalized spacial score (nSPS) is 12.6. The van der Waals surface area contributed by atoms with Crippen LogP contribution in [0.5, 0.6) is 0 Å². The van der Waals surface area contributed by atoms with E-state index in [2.05, 4.69) is 9.71 Å². The maximum atomic E-state index is 12.6. The quantitative estimate of drug-likeness (QED) is 0.871. The molecule has 0 aliphatic carbocycles. The van der Waals surface area contributed by atoms with Crippen LogP contribution in [0.1, 0.15) is 24.4 Å². The Bertz CT molecular complexity index is 728. The molecule has 0 fully saturated rings. The summed E-state index contributed by atoms with van der Waals surface area (Å²) in [7, 11) is -3.78. The SMILES string of the molecule is CC(C)(NS(=O)(=O)c1cc(CN)ccc1Cl)c1nccs1. The number of hydrogen-bond acceptors (Lipinski definition) is 5. The van der Waals surface area contributed by atoms with Gasteiger partial charge in [-0.2, -0.15) is 4.72 Å². The molecule has 1 heterocycles. The molecule has 3 N–H and O–H groups in total. The van der Waals surface area contributed by atoms with Crippen molar-refractivity contribution < 1.29 is 8.42 Å². The summed E-state index contributed by atoms with van der Waals surface area (Å²) in [6.45, 7) is 3.75. The molecule has 0 unspecified atom stereocenters. The molecule has 0 radical (unpaired) electrons. The van der Waals surface area contributed by atoms with E-state index >= 15 is 0 Å². The fourth-order valence-corrected chi connectivity index (χ4v) is 4.56. The minimum absolute atomic E-state index is 0.0248. The lowest BCUT2D eigenvalue weighted by atomic mass is 10.1. The summed E-state index contributed by atoms with van der Waals surface area (Å²) < 4.78 is 27.8. The maximum Gasteiger partial charge on any atom is 0.242 e. The second kappa shape index (κ2) is 6.02. The number of nitrogens with two attached hydrogens (primary N) is 1. The third kappa shape index (κ3) is 3.61. The predicted octanol–water partition coefficient (Wildman–Crippen LogP) is 2.47. The number of sulfonamides is 1. The Morgan fingerprint density at radius 1 is 1.43 bits per heavy atom. The number of nitrogens with one attached hydrogen (secondary N) is 1. The van der Waals surface area contributed by atoms with Crippen LogP contribution in [0.3, 0.4) is 0 Å². The van der Waals surface area contributed by atoms with E-state index in [1.54, 1.807) is 31.5 Å². The summed E-state index contributed by atoms with van der Waals surface area (Å²) in [4.78, 5) is 4.19. The molecule has 8 heteroatoms. The monoisotopic (exact) mass is 345 g/mol. The molecule has 2 rings (SSSR count). The second-order valence-electron chi connectivity index (χ2n) is 5.04. The predicted molar refractivity (Wildman–Crippen MR) is 84.8 cm³/mol. The Labute approximate surface area is 133 Å². The summed E-state index contributed by atoms with van der Waals surface area (Å²) in [6, 6.07) is 4.73. The molecule has 0 spiro atoms. The average molecular weight is 346 g/mol. The molecule has 0 atom stereocenters. The standard InChI is InChI=1S/C13H16ClN3O2S2/c1-13(2,12-16-5-6-20-12)17-21(18,19)11-7-9(8-15)3-4-10(11)14/h3-7,17H,8,15H2,1-2H3. The van der Waals surface area contributed by atoms with E-state index in [1.807, 2.05) is 0 Å². The van der Waals surface area contributed by atoms with Crippen molar-refractivity contribution in [1.29, 1.82) is 0 Å². The lowest BCUT2D eigenvalue weighted by molar-refractivity contribution is 0.470. The largest absolute Gasteiger partial charge is 0.326 e. The smallest absolute Gasteiger partial charge is 0.242 e. The third-order valence-electron chi connectivity index (χ3n) is 2.88. The summed E-state index contributed by atoms with van der Waals surface area (Å²) in [6.07, 6.45) is 1.64. The Hall–Kier alpha value is -0.990. The maximum absolute atomic E-state index is 12.6. The zero-order chi connectivity index (χ0) is 15.7. The molecule has 114 valence electrons. The van der Waals surface area contributed by atoms with Gasteiger partial charge in [0.05, 0.1) is 10.6 Å². The van der Waals surface area contributed by atoms with Crippen molar-refractivity contribution in [3.63, 3.8) is 0 Å². The summed E-state index contributed by atoms with van der Waals surface area (Å²) in [5.41, 5.74) is 5.43. The molecule has 2 aromatic rings. The molecule has 1 aromatic heterocycles. The highest BCUT2D eigenvalue weighted by Gasteiger charge is 2.31. The van der Waals surface area contributed by atoms with E-state index in [4.69, 9.17) is 17.3 Å². The summed E-state index contributed by atoms with van der Waals surface area (Å²) in [5, 5.41) is 2.64. The first kappa shape index (κ1) is 16.4. The average Bonchev–Trinajstić information content (AvgIpc) is 2.92. The molecular weight excluding hydrogens is 330 g/mol. The lowest BCUT2D eigenvalue weighted by Gasteiger charge is -2.24. The van der Waals surface area contributed by atoms with E-state index in [0.717, 1.165) is 0 Å². The van der Waals surface area contributed by atoms with Crippen LogP contribution in [0.2, 0.25) is 5.02 Å². The van der Waals surface area contributed by atoms with Gasteiger partial charge < -0.3 is 5.73 Å². The van der Waals surface area contributed by atoms with Crippen LogP contribution in [0.15, 0.2) is 34.7 Å². The van der Waals surface area contributed by atoms with E-state index in [0.29, 0.717) is 10.6 Å². The molecular formula is C13H16ClN3O2S2. The second-order valence-corrected chi connectivity index (χ2v) is 7.99. The molecule has 21 heavy (non-hydrogen) atoms. The zero-order valence-corrected chi connectivity index (χ0v) is 14.0. The summed E-state index contributed by atoms with van der Waals surface area (Å²) in [5.74, 6) is 0. The van der Waals surface area contributed by atoms with Crippen molar-refractivity contribution in [3.8, 4) is 0 Å². The number of halogens is 1. The van der Waals surface area contributed by atoms with Gasteiger partial charge in [0.1, 0.15) is 9.90 Å². The highest BCUT2D eigenvalue weighted by Crippen LogP contribution is 2.28. The first-order valence-electron chi connectivity index (χ1n) is 6.19. The van der Waals surface area contributed by atoms with Crippen LogP contribution < -0.4 is 10.5 Å². The molecule has 0 aliphatic rings. The Morgan fingerprint density at radius 3 is 2.71 bits per heavy atom. The first-order chi connectivity index (χ1) is 9.76. The van der Waals surface area contributed by atoms with Gasteiger partial charge in [0.15, 0.2) is 0 Å². The highest BCUT2D eigenvalue weighted by molar-refractivity contribution is 7.89. The molecule has 1 aromatic carbocycles. The van der Waals surface area contributed by atoms with Crippen LogP contribution in [0.25, 0.3) is 0 Å². The van der Waals surface area contributed by atoms with Gasteiger partial charge in [-0.1, -0.05) is 17.7 Å². The minimum atomic E-state index is -3.78. The number of thiazole rings is 1. The zero-order valence-electron chi connectivity index (χ0n) is 11.6. The minimum Gasteiger partial charge on any atom is -0.326 e. The topological polar surface area (TPSA) is 85.1 Å². The Balaban J connectivity index is 2.39. The van der Waals surface area contributed by atoms with E-state index in [1.165, 1.54) is 23.5 Å². The van der Waals surface area contributed by atoms with E-state index < -0.39 is 15.6 Å². The van der Waals surface area contributed by atoms with Gasteiger partial charge in [0.25, 0.3) is 0 Å². The van der Waals surface area contributed by atoms with Gasteiger partial charge in [-0.05, 0) is 31.5 Å². The van der Waals surface area contributed by atoms with Gasteiger partial charge in [0, 0.05) is 18.1 Å². The molecule has 0 bridgehead atoms. The van der Waals surface area contributed by atoms with Crippen molar-refractivity contribution in [2.24, 2.45) is 5.73 Å². The molecule has 0 aliphatic heterocycles. The fourth-order valence-electron chi connectivity index (χ4n) is 1.85. The van der Waals surface area contributed by atoms with Crippen molar-refractivity contribution in [2.75, 3.05) is 0 Å². The first-order valence-corrected chi connectivity index (χ1v) is 8.93. The number of hydrogen-bond donors (Lipinski definition) is 2. The van der Waals surface area contributed by atoms with Crippen LogP contribution in [-0.4, -0.2) is 13.4 Å². The number of nitrogens with zero attached hydrogens (tertiary/aromatic N) is 1.